The molecule has 182 valence electrons. The molecule has 0 radical (unpaired) electrons. The highest BCUT2D eigenvalue weighted by atomic mass is 79.9. The molecule has 0 saturated carbocycles. The van der Waals surface area contributed by atoms with Gasteiger partial charge in [0.15, 0.2) is 0 Å². The van der Waals surface area contributed by atoms with Crippen LogP contribution in [0.2, 0.25) is 5.02 Å². The summed E-state index contributed by atoms with van der Waals surface area (Å²) < 4.78 is 3.61. The maximum Gasteiger partial charge on any atom is 0.329 e. The molecule has 10 heteroatoms. The fourth-order valence-corrected chi connectivity index (χ4v) is 5.29. The first-order valence-corrected chi connectivity index (χ1v) is 12.5. The summed E-state index contributed by atoms with van der Waals surface area (Å²) in [6.07, 6.45) is -0.892. The van der Waals surface area contributed by atoms with Crippen LogP contribution in [0.25, 0.3) is 0 Å². The predicted octanol–water partition coefficient (Wildman–Crippen LogP) is 3.30. The number of imidazole rings is 1. The van der Waals surface area contributed by atoms with Crippen molar-refractivity contribution < 1.29 is 14.7 Å². The van der Waals surface area contributed by atoms with Gasteiger partial charge in [0, 0.05) is 29.7 Å². The number of amides is 2. The molecule has 2 aliphatic rings. The molecular weight excluding hydrogens is 536 g/mol. The number of aliphatic hydroxyl groups excluding tert-OH is 1. The normalized spacial score (nSPS) is 18.6. The lowest BCUT2D eigenvalue weighted by Gasteiger charge is -2.31. The highest BCUT2D eigenvalue weighted by Crippen LogP contribution is 2.29. The molecule has 0 saturated heterocycles. The number of β-amino-alcohol motifs (C(OH)–C–C–N with tert-alkyl or cyclic N) is 1. The van der Waals surface area contributed by atoms with Gasteiger partial charge in [-0.25, -0.2) is 4.79 Å². The number of carbonyl (C=O) groups is 2. The third-order valence-electron chi connectivity index (χ3n) is 6.73. The quantitative estimate of drug-likeness (QED) is 0.534. The maximum absolute atomic E-state index is 13.8. The van der Waals surface area contributed by atoms with Crippen molar-refractivity contribution in [3.05, 3.63) is 91.0 Å². The molecule has 35 heavy (non-hydrogen) atoms. The van der Waals surface area contributed by atoms with E-state index in [1.54, 1.807) is 32.6 Å². The number of aromatic nitrogens is 2. The monoisotopic (exact) mass is 558 g/mol. The molecular formula is C25H24BrClN4O4. The fraction of sp³-hybridized carbons (Fsp3) is 0.320. The van der Waals surface area contributed by atoms with E-state index in [1.807, 2.05) is 37.3 Å². The molecule has 1 N–H and O–H groups in total. The number of nitrogens with zero attached hydrogens (tertiary/aromatic N) is 4. The number of carbonyl (C=O) groups excluding carboxylic acids is 2. The van der Waals surface area contributed by atoms with Gasteiger partial charge < -0.3 is 14.9 Å². The lowest BCUT2D eigenvalue weighted by atomic mass is 10.1. The summed E-state index contributed by atoms with van der Waals surface area (Å²) in [4.78, 5) is 43.5. The second-order valence-corrected chi connectivity index (χ2v) is 10.2. The molecule has 1 unspecified atom stereocenters. The van der Waals surface area contributed by atoms with Crippen molar-refractivity contribution in [3.8, 4) is 0 Å². The van der Waals surface area contributed by atoms with Crippen LogP contribution in [0.3, 0.4) is 0 Å². The summed E-state index contributed by atoms with van der Waals surface area (Å²) in [5, 5.41) is 11.1. The standard InChI is InChI=1S/C25H24BrClN4O4/c1-15(16-5-3-2-4-6-16)30-12-18(32)13-31-22(24(30)34)21-14-28(9-10-29(21)25(31)35)23(33)17-7-8-19(26)20(27)11-17/h2-8,11,15,18,32H,9-10,12-14H2,1H3/t15?,18-/m1/s1. The van der Waals surface area contributed by atoms with Crippen LogP contribution in [0.4, 0.5) is 0 Å². The summed E-state index contributed by atoms with van der Waals surface area (Å²) in [5.41, 5.74) is 1.75. The third-order valence-corrected chi connectivity index (χ3v) is 7.96. The third kappa shape index (κ3) is 4.22. The van der Waals surface area contributed by atoms with Crippen LogP contribution in [0.15, 0.2) is 57.8 Å². The largest absolute Gasteiger partial charge is 0.389 e. The topological polar surface area (TPSA) is 87.8 Å². The van der Waals surface area contributed by atoms with Gasteiger partial charge in [0.2, 0.25) is 0 Å². The predicted molar refractivity (Wildman–Crippen MR) is 134 cm³/mol. The van der Waals surface area contributed by atoms with Crippen molar-refractivity contribution in [2.75, 3.05) is 13.1 Å². The van der Waals surface area contributed by atoms with E-state index in [0.717, 1.165) is 5.56 Å². The Balaban J connectivity index is 1.52. The minimum Gasteiger partial charge on any atom is -0.389 e. The van der Waals surface area contributed by atoms with Gasteiger partial charge in [-0.3, -0.25) is 18.7 Å². The highest BCUT2D eigenvalue weighted by Gasteiger charge is 2.38. The zero-order valence-corrected chi connectivity index (χ0v) is 21.4. The number of rotatable bonds is 3. The highest BCUT2D eigenvalue weighted by molar-refractivity contribution is 9.10. The number of benzene rings is 2. The smallest absolute Gasteiger partial charge is 0.329 e. The average molecular weight is 560 g/mol. The number of halogens is 2. The van der Waals surface area contributed by atoms with Gasteiger partial charge in [0.1, 0.15) is 5.69 Å². The summed E-state index contributed by atoms with van der Waals surface area (Å²) in [7, 11) is 0. The molecule has 2 aromatic carbocycles. The Bertz CT molecular complexity index is 1370. The van der Waals surface area contributed by atoms with Gasteiger partial charge in [-0.15, -0.1) is 0 Å². The van der Waals surface area contributed by atoms with Crippen molar-refractivity contribution in [2.45, 2.75) is 38.7 Å². The molecule has 3 heterocycles. The Morgan fingerprint density at radius 1 is 1.09 bits per heavy atom. The lowest BCUT2D eigenvalue weighted by molar-refractivity contribution is 0.0545. The van der Waals surface area contributed by atoms with E-state index in [0.29, 0.717) is 27.3 Å². The zero-order chi connectivity index (χ0) is 24.9. The Morgan fingerprint density at radius 2 is 1.83 bits per heavy atom. The molecule has 0 bridgehead atoms. The average Bonchev–Trinajstić information content (AvgIpc) is 3.05. The van der Waals surface area contributed by atoms with Gasteiger partial charge in [-0.1, -0.05) is 41.9 Å². The molecule has 5 rings (SSSR count). The van der Waals surface area contributed by atoms with Crippen LogP contribution in [0, 0.1) is 0 Å². The summed E-state index contributed by atoms with van der Waals surface area (Å²) in [6, 6.07) is 14.3. The van der Waals surface area contributed by atoms with Crippen molar-refractivity contribution in [1.82, 2.24) is 18.9 Å². The van der Waals surface area contributed by atoms with E-state index in [-0.39, 0.29) is 55.4 Å². The summed E-state index contributed by atoms with van der Waals surface area (Å²) >= 11 is 9.52. The van der Waals surface area contributed by atoms with Crippen LogP contribution in [-0.4, -0.2) is 55.0 Å². The number of hydrogen-bond donors (Lipinski definition) is 1. The molecule has 2 amide bonds. The van der Waals surface area contributed by atoms with E-state index in [2.05, 4.69) is 15.9 Å². The maximum atomic E-state index is 13.8. The zero-order valence-electron chi connectivity index (χ0n) is 19.0. The van der Waals surface area contributed by atoms with Crippen LogP contribution >= 0.6 is 27.5 Å². The van der Waals surface area contributed by atoms with Gasteiger partial charge >= 0.3 is 5.69 Å². The molecule has 2 aliphatic heterocycles. The minimum atomic E-state index is -0.892. The SMILES string of the molecule is CC(c1ccccc1)N1C[C@@H](O)Cn2c(c3n(c2=O)CCN(C(=O)c2ccc(Br)c(Cl)c2)C3)C1=O. The van der Waals surface area contributed by atoms with Crippen LogP contribution in [0.5, 0.6) is 0 Å². The van der Waals surface area contributed by atoms with E-state index < -0.39 is 6.10 Å². The first kappa shape index (κ1) is 23.8. The number of hydrogen-bond acceptors (Lipinski definition) is 4. The summed E-state index contributed by atoms with van der Waals surface area (Å²) in [6.45, 7) is 2.73. The van der Waals surface area contributed by atoms with Crippen LogP contribution in [-0.2, 0) is 19.6 Å². The molecule has 3 aromatic rings. The Hall–Kier alpha value is -2.88. The van der Waals surface area contributed by atoms with Crippen molar-refractivity contribution >= 4 is 39.3 Å². The fourth-order valence-electron chi connectivity index (χ4n) is 4.87. The van der Waals surface area contributed by atoms with E-state index in [1.165, 1.54) is 4.57 Å². The molecule has 0 fully saturated rings. The molecule has 0 spiro atoms. The molecule has 1 aromatic heterocycles. The van der Waals surface area contributed by atoms with Gasteiger partial charge in [-0.05, 0) is 46.6 Å². The Labute approximate surface area is 215 Å². The number of aliphatic hydroxyl groups is 1. The first-order valence-electron chi connectivity index (χ1n) is 11.4. The molecule has 8 nitrogen and oxygen atoms in total. The second-order valence-electron chi connectivity index (χ2n) is 8.89. The van der Waals surface area contributed by atoms with Crippen molar-refractivity contribution in [1.29, 1.82) is 0 Å². The Morgan fingerprint density at radius 3 is 2.54 bits per heavy atom. The van der Waals surface area contributed by atoms with Crippen LogP contribution in [0.1, 0.15) is 45.1 Å². The van der Waals surface area contributed by atoms with Crippen LogP contribution < -0.4 is 5.69 Å². The lowest BCUT2D eigenvalue weighted by Crippen LogP contribution is -2.42. The summed E-state index contributed by atoms with van der Waals surface area (Å²) in [5.74, 6) is -0.557. The van der Waals surface area contributed by atoms with Gasteiger partial charge in [0.25, 0.3) is 11.8 Å². The second kappa shape index (κ2) is 9.29. The Kier molecular flexibility index (Phi) is 6.33. The van der Waals surface area contributed by atoms with Crippen molar-refractivity contribution in [2.24, 2.45) is 0 Å². The van der Waals surface area contributed by atoms with E-state index in [4.69, 9.17) is 11.6 Å². The molecule has 0 aliphatic carbocycles. The van der Waals surface area contributed by atoms with Gasteiger partial charge in [0.05, 0.1) is 36.0 Å². The molecule has 2 atom stereocenters. The first-order chi connectivity index (χ1) is 16.8. The van der Waals surface area contributed by atoms with E-state index in [9.17, 15) is 19.5 Å². The van der Waals surface area contributed by atoms with Gasteiger partial charge in [-0.2, -0.15) is 0 Å². The minimum absolute atomic E-state index is 0.0220. The van der Waals surface area contributed by atoms with E-state index >= 15 is 0 Å². The van der Waals surface area contributed by atoms with Crippen molar-refractivity contribution in [3.63, 3.8) is 0 Å². The number of fused-ring (bicyclic) bond motifs is 3.